The van der Waals surface area contributed by atoms with Crippen LogP contribution in [0.5, 0.6) is 11.5 Å². The Hall–Kier alpha value is -2.54. The van der Waals surface area contributed by atoms with Crippen molar-refractivity contribution in [3.8, 4) is 11.5 Å². The van der Waals surface area contributed by atoms with E-state index in [1.54, 1.807) is 30.3 Å². The number of para-hydroxylation sites is 2. The van der Waals surface area contributed by atoms with Gasteiger partial charge in [0.2, 0.25) is 5.91 Å². The molecular formula is C21H27NO5S. The minimum absolute atomic E-state index is 0.0386. The molecule has 0 saturated heterocycles. The second-order valence-electron chi connectivity index (χ2n) is 6.77. The predicted molar refractivity (Wildman–Crippen MR) is 109 cm³/mol. The quantitative estimate of drug-likeness (QED) is 0.482. The van der Waals surface area contributed by atoms with E-state index >= 15 is 0 Å². The van der Waals surface area contributed by atoms with Crippen molar-refractivity contribution in [1.82, 2.24) is 0 Å². The lowest BCUT2D eigenvalue weighted by molar-refractivity contribution is -0.114. The molecule has 0 aliphatic heterocycles. The van der Waals surface area contributed by atoms with Gasteiger partial charge >= 0.3 is 10.1 Å². The fraction of sp³-hybridized carbons (Fsp3) is 0.381. The smallest absolute Gasteiger partial charge is 0.339 e. The van der Waals surface area contributed by atoms with Crippen LogP contribution in [0.2, 0.25) is 0 Å². The van der Waals surface area contributed by atoms with E-state index < -0.39 is 10.1 Å². The van der Waals surface area contributed by atoms with Crippen molar-refractivity contribution in [3.05, 3.63) is 48.0 Å². The highest BCUT2D eigenvalue weighted by Crippen LogP contribution is 2.32. The number of unbranched alkanes of at least 4 members (excludes halogenated alkanes) is 1. The molecule has 0 fully saturated rings. The Kier molecular flexibility index (Phi) is 7.45. The molecule has 0 bridgehead atoms. The first-order valence-corrected chi connectivity index (χ1v) is 10.7. The maximum atomic E-state index is 12.8. The molecule has 2 aromatic rings. The molecule has 152 valence electrons. The summed E-state index contributed by atoms with van der Waals surface area (Å²) in [6, 6.07) is 11.1. The van der Waals surface area contributed by atoms with E-state index in [1.165, 1.54) is 19.1 Å². The van der Waals surface area contributed by atoms with E-state index in [0.717, 1.165) is 18.4 Å². The van der Waals surface area contributed by atoms with Crippen LogP contribution in [0.3, 0.4) is 0 Å². The molecule has 1 N–H and O–H groups in total. The summed E-state index contributed by atoms with van der Waals surface area (Å²) in [6.07, 6.45) is 1.95. The Bertz CT molecular complexity index is 922. The lowest BCUT2D eigenvalue weighted by Crippen LogP contribution is -2.13. The number of hydrogen-bond donors (Lipinski definition) is 1. The Morgan fingerprint density at radius 2 is 1.82 bits per heavy atom. The summed E-state index contributed by atoms with van der Waals surface area (Å²) in [4.78, 5) is 11.4. The molecule has 0 atom stereocenters. The van der Waals surface area contributed by atoms with Gasteiger partial charge in [0.05, 0.1) is 12.3 Å². The van der Waals surface area contributed by atoms with Crippen molar-refractivity contribution in [1.29, 1.82) is 0 Å². The molecule has 0 radical (unpaired) electrons. The zero-order chi connectivity index (χ0) is 20.7. The number of hydrogen-bond acceptors (Lipinski definition) is 5. The third-order valence-electron chi connectivity index (χ3n) is 4.04. The maximum Gasteiger partial charge on any atom is 0.339 e. The van der Waals surface area contributed by atoms with Crippen LogP contribution in [0.15, 0.2) is 47.4 Å². The predicted octanol–water partition coefficient (Wildman–Crippen LogP) is 4.72. The van der Waals surface area contributed by atoms with Gasteiger partial charge in [-0.05, 0) is 48.2 Å². The van der Waals surface area contributed by atoms with Crippen LogP contribution in [-0.4, -0.2) is 20.9 Å². The molecule has 2 aromatic carbocycles. The normalized spacial score (nSPS) is 11.3. The molecule has 2 rings (SSSR count). The summed E-state index contributed by atoms with van der Waals surface area (Å²) < 4.78 is 36.7. The zero-order valence-corrected chi connectivity index (χ0v) is 17.5. The van der Waals surface area contributed by atoms with Crippen LogP contribution in [0.4, 0.5) is 5.69 Å². The third-order valence-corrected chi connectivity index (χ3v) is 5.27. The largest absolute Gasteiger partial charge is 0.493 e. The fourth-order valence-corrected chi connectivity index (χ4v) is 3.57. The number of rotatable bonds is 9. The van der Waals surface area contributed by atoms with Crippen LogP contribution in [-0.2, 0) is 14.9 Å². The van der Waals surface area contributed by atoms with Gasteiger partial charge in [0, 0.05) is 6.92 Å². The molecule has 0 heterocycles. The summed E-state index contributed by atoms with van der Waals surface area (Å²) in [7, 11) is -4.08. The number of ether oxygens (including phenoxy) is 1. The van der Waals surface area contributed by atoms with Gasteiger partial charge in [-0.25, -0.2) is 0 Å². The minimum Gasteiger partial charge on any atom is -0.493 e. The van der Waals surface area contributed by atoms with Gasteiger partial charge in [0.1, 0.15) is 10.6 Å². The van der Waals surface area contributed by atoms with Gasteiger partial charge in [0.25, 0.3) is 0 Å². The van der Waals surface area contributed by atoms with E-state index in [-0.39, 0.29) is 22.5 Å². The van der Waals surface area contributed by atoms with E-state index in [9.17, 15) is 13.2 Å². The molecule has 6 nitrogen and oxygen atoms in total. The summed E-state index contributed by atoms with van der Waals surface area (Å²) in [6.45, 7) is 7.97. The average molecular weight is 406 g/mol. The molecule has 0 saturated carbocycles. The molecule has 0 aliphatic carbocycles. The average Bonchev–Trinajstić information content (AvgIpc) is 2.63. The Morgan fingerprint density at radius 1 is 1.11 bits per heavy atom. The highest BCUT2D eigenvalue weighted by Gasteiger charge is 2.21. The summed E-state index contributed by atoms with van der Waals surface area (Å²) in [5, 5.41) is 2.57. The first-order valence-electron chi connectivity index (χ1n) is 9.32. The standard InChI is InChI=1S/C21H27NO5S/c1-5-6-13-26-20-12-11-17(14-18(20)15(2)3)28(24,25)27-21-10-8-7-9-19(21)22-16(4)23/h7-12,14-15H,5-6,13H2,1-4H3,(H,22,23). The molecule has 28 heavy (non-hydrogen) atoms. The topological polar surface area (TPSA) is 81.7 Å². The number of nitrogens with one attached hydrogen (secondary N) is 1. The van der Waals surface area contributed by atoms with Crippen LogP contribution >= 0.6 is 0 Å². The van der Waals surface area contributed by atoms with Crippen molar-refractivity contribution >= 4 is 21.7 Å². The van der Waals surface area contributed by atoms with Gasteiger partial charge in [-0.15, -0.1) is 0 Å². The van der Waals surface area contributed by atoms with Crippen molar-refractivity contribution < 1.29 is 22.1 Å². The SMILES string of the molecule is CCCCOc1ccc(S(=O)(=O)Oc2ccccc2NC(C)=O)cc1C(C)C. The summed E-state index contributed by atoms with van der Waals surface area (Å²) in [5.41, 5.74) is 1.10. The van der Waals surface area contributed by atoms with Crippen LogP contribution in [0.1, 0.15) is 52.0 Å². The molecule has 0 spiro atoms. The number of carbonyl (C=O) groups excluding carboxylic acids is 1. The van der Waals surface area contributed by atoms with Crippen molar-refractivity contribution in [3.63, 3.8) is 0 Å². The highest BCUT2D eigenvalue weighted by atomic mass is 32.2. The lowest BCUT2D eigenvalue weighted by atomic mass is 10.0. The maximum absolute atomic E-state index is 12.8. The molecule has 7 heteroatoms. The van der Waals surface area contributed by atoms with Crippen molar-refractivity contribution in [2.75, 3.05) is 11.9 Å². The molecule has 0 unspecified atom stereocenters. The van der Waals surface area contributed by atoms with Gasteiger partial charge < -0.3 is 14.2 Å². The van der Waals surface area contributed by atoms with E-state index in [1.807, 2.05) is 13.8 Å². The summed E-state index contributed by atoms with van der Waals surface area (Å²) >= 11 is 0. The van der Waals surface area contributed by atoms with Gasteiger partial charge in [0.15, 0.2) is 5.75 Å². The Morgan fingerprint density at radius 3 is 2.46 bits per heavy atom. The lowest BCUT2D eigenvalue weighted by Gasteiger charge is -2.16. The van der Waals surface area contributed by atoms with Gasteiger partial charge in [-0.3, -0.25) is 4.79 Å². The monoisotopic (exact) mass is 405 g/mol. The second kappa shape index (κ2) is 9.59. The van der Waals surface area contributed by atoms with Gasteiger partial charge in [-0.2, -0.15) is 8.42 Å². The van der Waals surface area contributed by atoms with Crippen molar-refractivity contribution in [2.24, 2.45) is 0 Å². The molecule has 0 aromatic heterocycles. The minimum atomic E-state index is -4.08. The van der Waals surface area contributed by atoms with Gasteiger partial charge in [-0.1, -0.05) is 39.3 Å². The van der Waals surface area contributed by atoms with Crippen LogP contribution < -0.4 is 14.2 Å². The van der Waals surface area contributed by atoms with Crippen LogP contribution in [0.25, 0.3) is 0 Å². The van der Waals surface area contributed by atoms with E-state index in [0.29, 0.717) is 18.0 Å². The number of anilines is 1. The Labute approximate surface area is 167 Å². The number of amides is 1. The summed E-state index contributed by atoms with van der Waals surface area (Å²) in [5.74, 6) is 0.510. The number of benzene rings is 2. The molecular weight excluding hydrogens is 378 g/mol. The van der Waals surface area contributed by atoms with Crippen molar-refractivity contribution in [2.45, 2.75) is 51.3 Å². The van der Waals surface area contributed by atoms with E-state index in [4.69, 9.17) is 8.92 Å². The molecule has 0 aliphatic rings. The zero-order valence-electron chi connectivity index (χ0n) is 16.7. The number of carbonyl (C=O) groups is 1. The fourth-order valence-electron chi connectivity index (χ4n) is 2.59. The van der Waals surface area contributed by atoms with E-state index in [2.05, 4.69) is 12.2 Å². The first-order chi connectivity index (χ1) is 13.2. The molecule has 1 amide bonds. The first kappa shape index (κ1) is 21.8. The highest BCUT2D eigenvalue weighted by molar-refractivity contribution is 7.87. The third kappa shape index (κ3) is 5.73. The second-order valence-corrected chi connectivity index (χ2v) is 8.32. The Balaban J connectivity index is 2.33. The van der Waals surface area contributed by atoms with Crippen LogP contribution in [0, 0.1) is 0 Å².